The van der Waals surface area contributed by atoms with E-state index >= 15 is 0 Å². The maximum atomic E-state index is 13.7. The smallest absolute Gasteiger partial charge is 0.125 e. The van der Waals surface area contributed by atoms with Crippen LogP contribution in [0.15, 0.2) is 24.3 Å². The maximum Gasteiger partial charge on any atom is 0.125 e. The molecule has 0 aliphatic heterocycles. The summed E-state index contributed by atoms with van der Waals surface area (Å²) < 4.78 is 13.7. The minimum Gasteiger partial charge on any atom is -0.242 e. The number of allylic oxidation sites excluding steroid dienone is 2. The van der Waals surface area contributed by atoms with Crippen LogP contribution in [0.4, 0.5) is 4.39 Å². The summed E-state index contributed by atoms with van der Waals surface area (Å²) in [6.45, 7) is 16.0. The number of rotatable bonds is 8. The Kier molecular flexibility index (Phi) is 7.36. The SMILES string of the molecule is C=C(C)CC(F)C(=C)C(C)CCC(C)CC. The number of hydrogen-bond donors (Lipinski definition) is 0. The Bertz CT molecular complexity index is 230. The van der Waals surface area contributed by atoms with Crippen molar-refractivity contribution >= 4 is 0 Å². The molecule has 0 rings (SSSR count). The fourth-order valence-corrected chi connectivity index (χ4v) is 1.67. The Morgan fingerprint density at radius 1 is 1.19 bits per heavy atom. The Balaban J connectivity index is 4.02. The standard InChI is InChI=1S/C15H27F/c1-7-12(4)8-9-13(5)14(6)15(16)10-11(2)3/h12-13,15H,2,6-10H2,1,3-5H3. The van der Waals surface area contributed by atoms with Gasteiger partial charge in [0.1, 0.15) is 6.17 Å². The molecular formula is C15H27F. The third-order valence-electron chi connectivity index (χ3n) is 3.35. The molecule has 0 nitrogen and oxygen atoms in total. The Hall–Kier alpha value is -0.590. The van der Waals surface area contributed by atoms with Crippen LogP contribution in [-0.4, -0.2) is 6.17 Å². The zero-order chi connectivity index (χ0) is 12.7. The van der Waals surface area contributed by atoms with Gasteiger partial charge in [0, 0.05) is 6.42 Å². The highest BCUT2D eigenvalue weighted by molar-refractivity contribution is 5.10. The van der Waals surface area contributed by atoms with Crippen LogP contribution in [0.25, 0.3) is 0 Å². The van der Waals surface area contributed by atoms with Gasteiger partial charge in [-0.15, -0.1) is 6.58 Å². The van der Waals surface area contributed by atoms with Crippen LogP contribution in [-0.2, 0) is 0 Å². The van der Waals surface area contributed by atoms with Crippen LogP contribution in [0.5, 0.6) is 0 Å². The molecule has 0 radical (unpaired) electrons. The normalized spacial score (nSPS) is 16.6. The number of alkyl halides is 1. The molecule has 0 amide bonds. The highest BCUT2D eigenvalue weighted by Crippen LogP contribution is 2.26. The monoisotopic (exact) mass is 226 g/mol. The predicted molar refractivity (Wildman–Crippen MR) is 71.3 cm³/mol. The molecule has 0 bridgehead atoms. The van der Waals surface area contributed by atoms with Gasteiger partial charge in [0.2, 0.25) is 0 Å². The van der Waals surface area contributed by atoms with E-state index < -0.39 is 6.17 Å². The fraction of sp³-hybridized carbons (Fsp3) is 0.733. The largest absolute Gasteiger partial charge is 0.242 e. The van der Waals surface area contributed by atoms with E-state index in [0.717, 1.165) is 29.9 Å². The van der Waals surface area contributed by atoms with Crippen molar-refractivity contribution in [2.45, 2.75) is 59.5 Å². The first-order chi connectivity index (χ1) is 7.38. The highest BCUT2D eigenvalue weighted by Gasteiger charge is 2.17. The summed E-state index contributed by atoms with van der Waals surface area (Å²) in [6.07, 6.45) is 2.92. The average Bonchev–Trinajstić information content (AvgIpc) is 2.23. The van der Waals surface area contributed by atoms with Gasteiger partial charge in [-0.05, 0) is 30.8 Å². The molecule has 0 fully saturated rings. The molecule has 1 heteroatoms. The molecule has 0 aromatic heterocycles. The van der Waals surface area contributed by atoms with Crippen molar-refractivity contribution in [1.29, 1.82) is 0 Å². The summed E-state index contributed by atoms with van der Waals surface area (Å²) in [5.74, 6) is 1.01. The zero-order valence-corrected chi connectivity index (χ0v) is 11.4. The lowest BCUT2D eigenvalue weighted by atomic mass is 9.88. The minimum absolute atomic E-state index is 0.281. The van der Waals surface area contributed by atoms with Crippen molar-refractivity contribution in [2.75, 3.05) is 0 Å². The Morgan fingerprint density at radius 2 is 1.75 bits per heavy atom. The molecule has 16 heavy (non-hydrogen) atoms. The van der Waals surface area contributed by atoms with Gasteiger partial charge in [0.25, 0.3) is 0 Å². The summed E-state index contributed by atoms with van der Waals surface area (Å²) in [5.41, 5.74) is 1.63. The van der Waals surface area contributed by atoms with Crippen LogP contribution in [0.3, 0.4) is 0 Å². The van der Waals surface area contributed by atoms with Gasteiger partial charge < -0.3 is 0 Å². The molecule has 3 atom stereocenters. The number of halogens is 1. The van der Waals surface area contributed by atoms with Crippen LogP contribution >= 0.6 is 0 Å². The molecule has 0 N–H and O–H groups in total. The van der Waals surface area contributed by atoms with Crippen LogP contribution in [0.2, 0.25) is 0 Å². The summed E-state index contributed by atoms with van der Waals surface area (Å²) in [6, 6.07) is 0. The molecule has 0 aromatic rings. The molecule has 0 saturated heterocycles. The van der Waals surface area contributed by atoms with E-state index in [-0.39, 0.29) is 5.92 Å². The van der Waals surface area contributed by atoms with Crippen molar-refractivity contribution in [3.63, 3.8) is 0 Å². The average molecular weight is 226 g/mol. The van der Waals surface area contributed by atoms with E-state index in [4.69, 9.17) is 0 Å². The summed E-state index contributed by atoms with van der Waals surface area (Å²) in [7, 11) is 0. The third kappa shape index (κ3) is 6.09. The van der Waals surface area contributed by atoms with Gasteiger partial charge in [-0.2, -0.15) is 0 Å². The highest BCUT2D eigenvalue weighted by atomic mass is 19.1. The molecule has 0 aliphatic carbocycles. The van der Waals surface area contributed by atoms with E-state index in [1.807, 2.05) is 6.92 Å². The minimum atomic E-state index is -0.913. The number of hydrogen-bond acceptors (Lipinski definition) is 0. The van der Waals surface area contributed by atoms with Crippen molar-refractivity contribution in [2.24, 2.45) is 11.8 Å². The van der Waals surface area contributed by atoms with Crippen molar-refractivity contribution in [3.8, 4) is 0 Å². The quantitative estimate of drug-likeness (QED) is 0.492. The van der Waals surface area contributed by atoms with E-state index in [1.165, 1.54) is 6.42 Å². The lowest BCUT2D eigenvalue weighted by Crippen LogP contribution is -2.12. The molecule has 0 aliphatic rings. The molecule has 94 valence electrons. The van der Waals surface area contributed by atoms with E-state index in [9.17, 15) is 4.39 Å². The van der Waals surface area contributed by atoms with Crippen LogP contribution in [0, 0.1) is 11.8 Å². The Labute approximate surface area is 101 Å². The first kappa shape index (κ1) is 15.4. The van der Waals surface area contributed by atoms with Gasteiger partial charge >= 0.3 is 0 Å². The van der Waals surface area contributed by atoms with Crippen molar-refractivity contribution in [3.05, 3.63) is 24.3 Å². The van der Waals surface area contributed by atoms with Gasteiger partial charge in [-0.3, -0.25) is 0 Å². The molecule has 0 aromatic carbocycles. The zero-order valence-electron chi connectivity index (χ0n) is 11.4. The fourth-order valence-electron chi connectivity index (χ4n) is 1.67. The summed E-state index contributed by atoms with van der Waals surface area (Å²) in [4.78, 5) is 0. The molecular weight excluding hydrogens is 199 g/mol. The molecule has 0 spiro atoms. The van der Waals surface area contributed by atoms with Gasteiger partial charge in [-0.25, -0.2) is 4.39 Å². The van der Waals surface area contributed by atoms with Gasteiger partial charge in [0.15, 0.2) is 0 Å². The molecule has 3 unspecified atom stereocenters. The topological polar surface area (TPSA) is 0 Å². The second kappa shape index (κ2) is 7.65. The van der Waals surface area contributed by atoms with Crippen molar-refractivity contribution < 1.29 is 4.39 Å². The maximum absolute atomic E-state index is 13.7. The summed E-state index contributed by atoms with van der Waals surface area (Å²) in [5, 5.41) is 0. The van der Waals surface area contributed by atoms with Crippen molar-refractivity contribution in [1.82, 2.24) is 0 Å². The summed E-state index contributed by atoms with van der Waals surface area (Å²) >= 11 is 0. The first-order valence-corrected chi connectivity index (χ1v) is 6.35. The van der Waals surface area contributed by atoms with E-state index in [2.05, 4.69) is 33.9 Å². The van der Waals surface area contributed by atoms with Gasteiger partial charge in [0.05, 0.1) is 0 Å². The van der Waals surface area contributed by atoms with E-state index in [0.29, 0.717) is 6.42 Å². The van der Waals surface area contributed by atoms with E-state index in [1.54, 1.807) is 0 Å². The third-order valence-corrected chi connectivity index (χ3v) is 3.35. The van der Waals surface area contributed by atoms with Crippen LogP contribution < -0.4 is 0 Å². The molecule has 0 heterocycles. The lowest BCUT2D eigenvalue weighted by molar-refractivity contribution is 0.339. The second-order valence-corrected chi connectivity index (χ2v) is 5.20. The first-order valence-electron chi connectivity index (χ1n) is 6.35. The van der Waals surface area contributed by atoms with Gasteiger partial charge in [-0.1, -0.05) is 45.8 Å². The molecule has 0 saturated carbocycles. The lowest BCUT2D eigenvalue weighted by Gasteiger charge is -2.20. The van der Waals surface area contributed by atoms with Crippen LogP contribution in [0.1, 0.15) is 53.4 Å². The Morgan fingerprint density at radius 3 is 2.19 bits per heavy atom. The second-order valence-electron chi connectivity index (χ2n) is 5.20. The predicted octanol–water partition coefficient (Wildman–Crippen LogP) is 5.31.